The van der Waals surface area contributed by atoms with Gasteiger partial charge in [-0.3, -0.25) is 0 Å². The van der Waals surface area contributed by atoms with Gasteiger partial charge in [-0.1, -0.05) is 0 Å². The number of carbonyl (C=O) groups is 2. The van der Waals surface area contributed by atoms with Crippen molar-refractivity contribution >= 4 is 29.4 Å². The fraction of sp³-hybridized carbons (Fsp3) is 0.389. The molecule has 1 aromatic heterocycles. The molecule has 0 aliphatic heterocycles. The molecular formula is C18H23N3O4S. The van der Waals surface area contributed by atoms with Crippen LogP contribution < -0.4 is 5.32 Å². The van der Waals surface area contributed by atoms with E-state index in [0.29, 0.717) is 5.69 Å². The van der Waals surface area contributed by atoms with Crippen molar-refractivity contribution in [1.82, 2.24) is 9.88 Å². The van der Waals surface area contributed by atoms with Gasteiger partial charge in [0.25, 0.3) is 0 Å². The number of ether oxygens (including phenoxy) is 1. The van der Waals surface area contributed by atoms with Crippen molar-refractivity contribution in [3.8, 4) is 0 Å². The van der Waals surface area contributed by atoms with E-state index in [1.54, 1.807) is 16.7 Å². The minimum Gasteiger partial charge on any atom is -0.464 e. The van der Waals surface area contributed by atoms with Crippen LogP contribution in [-0.2, 0) is 11.3 Å². The van der Waals surface area contributed by atoms with Crippen molar-refractivity contribution in [3.63, 3.8) is 0 Å². The molecule has 140 valence electrons. The molecule has 7 nitrogen and oxygen atoms in total. The molecule has 1 aromatic carbocycles. The van der Waals surface area contributed by atoms with Crippen molar-refractivity contribution in [3.05, 3.63) is 42.1 Å². The van der Waals surface area contributed by atoms with Crippen molar-refractivity contribution in [1.29, 1.82) is 0 Å². The Morgan fingerprint density at radius 1 is 1.27 bits per heavy atom. The number of anilines is 1. The fourth-order valence-electron chi connectivity index (χ4n) is 2.20. The van der Waals surface area contributed by atoms with Gasteiger partial charge in [0.05, 0.1) is 13.7 Å². The number of hydrogen-bond acceptors (Lipinski definition) is 6. The minimum absolute atomic E-state index is 0.0735. The molecule has 0 saturated carbocycles. The summed E-state index contributed by atoms with van der Waals surface area (Å²) in [5.41, 5.74) is 0.289. The average Bonchev–Trinajstić information content (AvgIpc) is 3.07. The molecule has 26 heavy (non-hydrogen) atoms. The minimum atomic E-state index is -0.583. The van der Waals surface area contributed by atoms with Gasteiger partial charge in [0, 0.05) is 16.1 Å². The first kappa shape index (κ1) is 19.8. The number of aromatic nitrogens is 1. The highest BCUT2D eigenvalue weighted by Crippen LogP contribution is 2.21. The van der Waals surface area contributed by atoms with E-state index in [-0.39, 0.29) is 24.2 Å². The number of oxazole rings is 1. The summed E-state index contributed by atoms with van der Waals surface area (Å²) in [7, 11) is 1.27. The molecule has 0 radical (unpaired) electrons. The molecule has 1 heterocycles. The SMILES string of the molecule is COC(=O)c1coc(CN(C(=O)Nc2ccc(SC)cc2)C(C)(C)C)n1. The molecule has 2 aromatic rings. The van der Waals surface area contributed by atoms with Crippen LogP contribution in [0.3, 0.4) is 0 Å². The zero-order chi connectivity index (χ0) is 19.3. The van der Waals surface area contributed by atoms with Gasteiger partial charge in [-0.15, -0.1) is 11.8 Å². The number of benzene rings is 1. The van der Waals surface area contributed by atoms with Crippen LogP contribution in [0.15, 0.2) is 39.8 Å². The van der Waals surface area contributed by atoms with E-state index < -0.39 is 11.5 Å². The second kappa shape index (κ2) is 8.27. The second-order valence-corrected chi connectivity index (χ2v) is 7.41. The Hall–Kier alpha value is -2.48. The number of rotatable bonds is 5. The van der Waals surface area contributed by atoms with Crippen LogP contribution in [0.5, 0.6) is 0 Å². The highest BCUT2D eigenvalue weighted by Gasteiger charge is 2.28. The number of nitrogens with one attached hydrogen (secondary N) is 1. The predicted molar refractivity (Wildman–Crippen MR) is 100 cm³/mol. The predicted octanol–water partition coefficient (Wildman–Crippen LogP) is 4.02. The number of hydrogen-bond donors (Lipinski definition) is 1. The third-order valence-corrected chi connectivity index (χ3v) is 4.38. The smallest absolute Gasteiger partial charge is 0.360 e. The van der Waals surface area contributed by atoms with Crippen LogP contribution in [0.2, 0.25) is 0 Å². The van der Waals surface area contributed by atoms with E-state index in [1.807, 2.05) is 51.3 Å². The number of esters is 1. The number of carbonyl (C=O) groups excluding carboxylic acids is 2. The number of nitrogens with zero attached hydrogens (tertiary/aromatic N) is 2. The Balaban J connectivity index is 2.14. The lowest BCUT2D eigenvalue weighted by Crippen LogP contribution is -2.47. The Bertz CT molecular complexity index is 765. The first-order chi connectivity index (χ1) is 12.2. The molecular weight excluding hydrogens is 354 g/mol. The molecule has 0 unspecified atom stereocenters. The molecule has 0 spiro atoms. The van der Waals surface area contributed by atoms with Gasteiger partial charge in [0.2, 0.25) is 5.89 Å². The van der Waals surface area contributed by atoms with E-state index in [0.717, 1.165) is 4.90 Å². The summed E-state index contributed by atoms with van der Waals surface area (Å²) >= 11 is 1.63. The lowest BCUT2D eigenvalue weighted by atomic mass is 10.1. The summed E-state index contributed by atoms with van der Waals surface area (Å²) in [6, 6.07) is 7.31. The average molecular weight is 377 g/mol. The molecule has 0 saturated heterocycles. The highest BCUT2D eigenvalue weighted by atomic mass is 32.2. The quantitative estimate of drug-likeness (QED) is 0.626. The molecule has 0 bridgehead atoms. The van der Waals surface area contributed by atoms with Gasteiger partial charge >= 0.3 is 12.0 Å². The lowest BCUT2D eigenvalue weighted by molar-refractivity contribution is 0.0594. The largest absolute Gasteiger partial charge is 0.464 e. The van der Waals surface area contributed by atoms with Crippen LogP contribution in [0, 0.1) is 0 Å². The maximum Gasteiger partial charge on any atom is 0.360 e. The lowest BCUT2D eigenvalue weighted by Gasteiger charge is -2.34. The Morgan fingerprint density at radius 3 is 2.46 bits per heavy atom. The van der Waals surface area contributed by atoms with Crippen LogP contribution in [0.1, 0.15) is 37.2 Å². The van der Waals surface area contributed by atoms with Gasteiger partial charge in [-0.25, -0.2) is 14.6 Å². The first-order valence-corrected chi connectivity index (χ1v) is 9.22. The van der Waals surface area contributed by atoms with Crippen LogP contribution in [0.25, 0.3) is 0 Å². The zero-order valence-corrected chi connectivity index (χ0v) is 16.3. The summed E-state index contributed by atoms with van der Waals surface area (Å²) in [4.78, 5) is 31.0. The summed E-state index contributed by atoms with van der Waals surface area (Å²) in [6.45, 7) is 5.85. The summed E-state index contributed by atoms with van der Waals surface area (Å²) < 4.78 is 9.92. The molecule has 0 atom stereocenters. The van der Waals surface area contributed by atoms with Gasteiger partial charge in [0.15, 0.2) is 5.69 Å². The molecule has 8 heteroatoms. The summed E-state index contributed by atoms with van der Waals surface area (Å²) in [5, 5.41) is 2.88. The van der Waals surface area contributed by atoms with Crippen LogP contribution in [0.4, 0.5) is 10.5 Å². The third-order valence-electron chi connectivity index (χ3n) is 3.64. The van der Waals surface area contributed by atoms with Gasteiger partial charge in [0.1, 0.15) is 6.26 Å². The van der Waals surface area contributed by atoms with Gasteiger partial charge in [-0.2, -0.15) is 0 Å². The normalized spacial score (nSPS) is 11.1. The third kappa shape index (κ3) is 5.01. The molecule has 0 fully saturated rings. The van der Waals surface area contributed by atoms with E-state index in [4.69, 9.17) is 4.42 Å². The highest BCUT2D eigenvalue weighted by molar-refractivity contribution is 7.98. The maximum atomic E-state index is 12.8. The fourth-order valence-corrected chi connectivity index (χ4v) is 2.60. The van der Waals surface area contributed by atoms with Crippen molar-refractivity contribution < 1.29 is 18.7 Å². The van der Waals surface area contributed by atoms with Crippen molar-refractivity contribution in [2.24, 2.45) is 0 Å². The first-order valence-electron chi connectivity index (χ1n) is 8.00. The van der Waals surface area contributed by atoms with E-state index in [9.17, 15) is 9.59 Å². The number of thioether (sulfide) groups is 1. The topological polar surface area (TPSA) is 84.7 Å². The van der Waals surface area contributed by atoms with E-state index in [2.05, 4.69) is 15.0 Å². The molecule has 2 rings (SSSR count). The van der Waals surface area contributed by atoms with Crippen LogP contribution >= 0.6 is 11.8 Å². The molecule has 0 aliphatic carbocycles. The molecule has 0 aliphatic rings. The van der Waals surface area contributed by atoms with E-state index >= 15 is 0 Å². The number of urea groups is 1. The Morgan fingerprint density at radius 2 is 1.92 bits per heavy atom. The van der Waals surface area contributed by atoms with Crippen molar-refractivity contribution in [2.75, 3.05) is 18.7 Å². The Kier molecular flexibility index (Phi) is 6.31. The molecule has 1 N–H and O–H groups in total. The monoisotopic (exact) mass is 377 g/mol. The van der Waals surface area contributed by atoms with Crippen LogP contribution in [-0.4, -0.2) is 40.8 Å². The molecule has 2 amide bonds. The number of methoxy groups -OCH3 is 1. The van der Waals surface area contributed by atoms with Gasteiger partial charge in [-0.05, 0) is 51.3 Å². The second-order valence-electron chi connectivity index (χ2n) is 6.53. The summed E-state index contributed by atoms with van der Waals surface area (Å²) in [6.07, 6.45) is 3.22. The standard InChI is InChI=1S/C18H23N3O4S/c1-18(2,3)21(10-15-20-14(11-25-15)16(22)24-4)17(23)19-12-6-8-13(26-5)9-7-12/h6-9,11H,10H2,1-5H3,(H,19,23). The van der Waals surface area contributed by atoms with Gasteiger partial charge < -0.3 is 19.4 Å². The maximum absolute atomic E-state index is 12.8. The Labute approximate surface area is 157 Å². The van der Waals surface area contributed by atoms with Crippen molar-refractivity contribution in [2.45, 2.75) is 37.8 Å². The summed E-state index contributed by atoms with van der Waals surface area (Å²) in [5.74, 6) is -0.325. The van der Waals surface area contributed by atoms with E-state index in [1.165, 1.54) is 13.4 Å². The zero-order valence-electron chi connectivity index (χ0n) is 15.5. The number of amides is 2.